The van der Waals surface area contributed by atoms with E-state index in [0.717, 1.165) is 24.8 Å². The number of nitrogens with two attached hydrogens (primary N) is 1. The predicted molar refractivity (Wildman–Crippen MR) is 82.2 cm³/mol. The molecule has 6 heteroatoms. The molecule has 1 aliphatic carbocycles. The van der Waals surface area contributed by atoms with Crippen LogP contribution in [-0.2, 0) is 10.0 Å². The Morgan fingerprint density at radius 2 is 2.05 bits per heavy atom. The number of hydrogen-bond acceptors (Lipinski definition) is 4. The second-order valence-electron chi connectivity index (χ2n) is 6.26. The predicted octanol–water partition coefficient (Wildman–Crippen LogP) is 1.54. The Balaban J connectivity index is 2.09. The summed E-state index contributed by atoms with van der Waals surface area (Å²) in [4.78, 5) is 0.125. The lowest BCUT2D eigenvalue weighted by Crippen LogP contribution is -2.42. The summed E-state index contributed by atoms with van der Waals surface area (Å²) in [6.07, 6.45) is 3.20. The van der Waals surface area contributed by atoms with Crippen LogP contribution in [0.15, 0.2) is 29.2 Å². The van der Waals surface area contributed by atoms with Gasteiger partial charge >= 0.3 is 0 Å². The van der Waals surface area contributed by atoms with E-state index in [2.05, 4.69) is 12.2 Å². The van der Waals surface area contributed by atoms with Crippen LogP contribution in [0.3, 0.4) is 0 Å². The second-order valence-corrected chi connectivity index (χ2v) is 7.82. The number of benzene rings is 1. The van der Waals surface area contributed by atoms with E-state index < -0.39 is 10.0 Å². The fraction of sp³-hybridized carbons (Fsp3) is 0.600. The average Bonchev–Trinajstić information content (AvgIpc) is 2.80. The molecule has 0 bridgehead atoms. The van der Waals surface area contributed by atoms with Crippen LogP contribution in [0, 0.1) is 5.41 Å². The highest BCUT2D eigenvalue weighted by atomic mass is 32.2. The molecule has 1 fully saturated rings. The number of aliphatic hydroxyl groups excluding tert-OH is 1. The summed E-state index contributed by atoms with van der Waals surface area (Å²) in [7, 11) is -3.64. The third-order valence-electron chi connectivity index (χ3n) is 4.60. The van der Waals surface area contributed by atoms with Crippen LogP contribution in [0.5, 0.6) is 0 Å². The van der Waals surface area contributed by atoms with E-state index in [1.165, 1.54) is 12.1 Å². The van der Waals surface area contributed by atoms with Crippen LogP contribution < -0.4 is 10.5 Å². The smallest absolute Gasteiger partial charge is 0.238 e. The summed E-state index contributed by atoms with van der Waals surface area (Å²) >= 11 is 0. The van der Waals surface area contributed by atoms with Crippen molar-refractivity contribution in [2.24, 2.45) is 10.6 Å². The molecule has 0 radical (unpaired) electrons. The van der Waals surface area contributed by atoms with Crippen LogP contribution in [0.2, 0.25) is 0 Å². The van der Waals surface area contributed by atoms with E-state index in [0.29, 0.717) is 0 Å². The van der Waals surface area contributed by atoms with Gasteiger partial charge in [-0.3, -0.25) is 0 Å². The van der Waals surface area contributed by atoms with Gasteiger partial charge in [-0.2, -0.15) is 0 Å². The molecule has 1 aromatic rings. The first kappa shape index (κ1) is 16.4. The van der Waals surface area contributed by atoms with Gasteiger partial charge in [-0.05, 0) is 37.5 Å². The van der Waals surface area contributed by atoms with Gasteiger partial charge in [0, 0.05) is 24.1 Å². The summed E-state index contributed by atoms with van der Waals surface area (Å²) in [5.74, 6) is 0. The Hall–Kier alpha value is -0.950. The number of nitrogens with one attached hydrogen (secondary N) is 1. The van der Waals surface area contributed by atoms with Crippen molar-refractivity contribution in [2.45, 2.75) is 50.1 Å². The molecule has 1 aromatic carbocycles. The van der Waals surface area contributed by atoms with Crippen LogP contribution in [0.1, 0.15) is 44.7 Å². The minimum atomic E-state index is -3.64. The molecule has 0 heterocycles. The van der Waals surface area contributed by atoms with Gasteiger partial charge < -0.3 is 10.4 Å². The van der Waals surface area contributed by atoms with Gasteiger partial charge in [-0.15, -0.1) is 0 Å². The average molecular weight is 312 g/mol. The van der Waals surface area contributed by atoms with Gasteiger partial charge in [0.25, 0.3) is 0 Å². The van der Waals surface area contributed by atoms with Crippen LogP contribution in [0.25, 0.3) is 0 Å². The lowest BCUT2D eigenvalue weighted by molar-refractivity contribution is 0.114. The number of hydrogen-bond donors (Lipinski definition) is 3. The maximum absolute atomic E-state index is 11.3. The monoisotopic (exact) mass is 312 g/mol. The van der Waals surface area contributed by atoms with Crippen LogP contribution in [0.4, 0.5) is 0 Å². The van der Waals surface area contributed by atoms with Gasteiger partial charge in [0.15, 0.2) is 0 Å². The highest BCUT2D eigenvalue weighted by Gasteiger charge is 2.38. The summed E-state index contributed by atoms with van der Waals surface area (Å²) in [5, 5.41) is 18.2. The van der Waals surface area contributed by atoms with E-state index in [1.54, 1.807) is 12.1 Å². The fourth-order valence-electron chi connectivity index (χ4n) is 3.05. The number of aliphatic hydroxyl groups is 1. The molecular formula is C15H24N2O3S. The van der Waals surface area contributed by atoms with Crippen molar-refractivity contribution >= 4 is 10.0 Å². The summed E-state index contributed by atoms with van der Waals surface area (Å²) in [5.41, 5.74) is 0.934. The molecule has 4 N–H and O–H groups in total. The minimum absolute atomic E-state index is 0.0746. The van der Waals surface area contributed by atoms with Crippen LogP contribution >= 0.6 is 0 Å². The van der Waals surface area contributed by atoms with Gasteiger partial charge in [0.1, 0.15) is 0 Å². The number of sulfonamides is 1. The standard InChI is InChI=1S/C15H24N2O3S/c1-11(17-14-4-3-9-15(14,2)10-18)12-5-7-13(8-6-12)21(16,19)20/h5-8,11,14,17-18H,3-4,9-10H2,1-2H3,(H2,16,19,20). The minimum Gasteiger partial charge on any atom is -0.396 e. The fourth-order valence-corrected chi connectivity index (χ4v) is 3.57. The Bertz CT molecular complexity index is 585. The molecule has 1 aliphatic rings. The highest BCUT2D eigenvalue weighted by molar-refractivity contribution is 7.89. The van der Waals surface area contributed by atoms with E-state index >= 15 is 0 Å². The summed E-state index contributed by atoms with van der Waals surface area (Å²) < 4.78 is 22.5. The number of primary sulfonamides is 1. The molecule has 0 saturated heterocycles. The molecular weight excluding hydrogens is 288 g/mol. The van der Waals surface area contributed by atoms with Crippen molar-refractivity contribution in [1.82, 2.24) is 5.32 Å². The van der Waals surface area contributed by atoms with E-state index in [1.807, 2.05) is 6.92 Å². The molecule has 5 nitrogen and oxygen atoms in total. The molecule has 21 heavy (non-hydrogen) atoms. The molecule has 0 aromatic heterocycles. The first-order valence-corrected chi connectivity index (χ1v) is 8.80. The lowest BCUT2D eigenvalue weighted by Gasteiger charge is -2.32. The van der Waals surface area contributed by atoms with E-state index in [4.69, 9.17) is 5.14 Å². The first-order valence-electron chi connectivity index (χ1n) is 7.26. The summed E-state index contributed by atoms with van der Waals surface area (Å²) in [6.45, 7) is 4.33. The highest BCUT2D eigenvalue weighted by Crippen LogP contribution is 2.38. The zero-order valence-corrected chi connectivity index (χ0v) is 13.4. The zero-order valence-electron chi connectivity index (χ0n) is 12.5. The van der Waals surface area contributed by atoms with Crippen molar-refractivity contribution < 1.29 is 13.5 Å². The topological polar surface area (TPSA) is 92.4 Å². The largest absolute Gasteiger partial charge is 0.396 e. The second kappa shape index (κ2) is 6.04. The molecule has 0 spiro atoms. The molecule has 118 valence electrons. The maximum atomic E-state index is 11.3. The van der Waals surface area contributed by atoms with E-state index in [-0.39, 0.29) is 29.0 Å². The van der Waals surface area contributed by atoms with Gasteiger partial charge in [0.2, 0.25) is 10.0 Å². The Morgan fingerprint density at radius 3 is 2.57 bits per heavy atom. The SMILES string of the molecule is CC(NC1CCCC1(C)CO)c1ccc(S(N)(=O)=O)cc1. The van der Waals surface area contributed by atoms with Crippen molar-refractivity contribution in [1.29, 1.82) is 0 Å². The molecule has 3 unspecified atom stereocenters. The third-order valence-corrected chi connectivity index (χ3v) is 5.53. The molecule has 0 aliphatic heterocycles. The van der Waals surface area contributed by atoms with Crippen molar-refractivity contribution in [3.8, 4) is 0 Å². The van der Waals surface area contributed by atoms with Gasteiger partial charge in [0.05, 0.1) is 4.90 Å². The molecule has 2 rings (SSSR count). The Morgan fingerprint density at radius 1 is 1.43 bits per heavy atom. The Kier molecular flexibility index (Phi) is 4.72. The van der Waals surface area contributed by atoms with Crippen LogP contribution in [-0.4, -0.2) is 26.2 Å². The van der Waals surface area contributed by atoms with Crippen molar-refractivity contribution in [3.63, 3.8) is 0 Å². The molecule has 0 amide bonds. The van der Waals surface area contributed by atoms with Crippen molar-refractivity contribution in [2.75, 3.05) is 6.61 Å². The number of rotatable bonds is 5. The van der Waals surface area contributed by atoms with Crippen molar-refractivity contribution in [3.05, 3.63) is 29.8 Å². The van der Waals surface area contributed by atoms with Gasteiger partial charge in [-0.25, -0.2) is 13.6 Å². The Labute approximate surface area is 126 Å². The normalized spacial score (nSPS) is 27.7. The quantitative estimate of drug-likeness (QED) is 0.769. The summed E-state index contributed by atoms with van der Waals surface area (Å²) in [6, 6.07) is 6.99. The third kappa shape index (κ3) is 3.63. The first-order chi connectivity index (χ1) is 9.76. The lowest BCUT2D eigenvalue weighted by atomic mass is 9.85. The molecule has 1 saturated carbocycles. The van der Waals surface area contributed by atoms with E-state index in [9.17, 15) is 13.5 Å². The zero-order chi connectivity index (χ0) is 15.7. The maximum Gasteiger partial charge on any atom is 0.238 e. The van der Waals surface area contributed by atoms with Gasteiger partial charge in [-0.1, -0.05) is 25.5 Å². The molecule has 3 atom stereocenters.